The van der Waals surface area contributed by atoms with Crippen LogP contribution in [0.5, 0.6) is 11.5 Å². The Morgan fingerprint density at radius 3 is 2.65 bits per heavy atom. The molecule has 140 valence electrons. The number of hydrogen-bond donors (Lipinski definition) is 3. The van der Waals surface area contributed by atoms with Crippen molar-refractivity contribution in [2.24, 2.45) is 5.92 Å². The Labute approximate surface area is 152 Å². The van der Waals surface area contributed by atoms with Crippen LogP contribution in [0.15, 0.2) is 12.1 Å². The third-order valence-electron chi connectivity index (χ3n) is 5.17. The Morgan fingerprint density at radius 2 is 2.04 bits per heavy atom. The first-order valence-corrected chi connectivity index (χ1v) is 8.78. The molecule has 0 saturated heterocycles. The number of amides is 1. The zero-order valence-electron chi connectivity index (χ0n) is 15.5. The Morgan fingerprint density at radius 1 is 1.35 bits per heavy atom. The maximum absolute atomic E-state index is 12.7. The lowest BCUT2D eigenvalue weighted by atomic mass is 9.99. The van der Waals surface area contributed by atoms with Crippen molar-refractivity contribution in [3.05, 3.63) is 29.0 Å². The first kappa shape index (κ1) is 18.3. The summed E-state index contributed by atoms with van der Waals surface area (Å²) >= 11 is 0. The van der Waals surface area contributed by atoms with E-state index in [-0.39, 0.29) is 24.5 Å². The summed E-state index contributed by atoms with van der Waals surface area (Å²) < 4.78 is 10.7. The van der Waals surface area contributed by atoms with Crippen molar-refractivity contribution in [2.45, 2.75) is 32.7 Å². The van der Waals surface area contributed by atoms with E-state index >= 15 is 0 Å². The molecule has 1 aromatic carbocycles. The number of carbonyl (C=O) groups excluding carboxylic acids is 1. The number of aliphatic hydroxyl groups is 1. The summed E-state index contributed by atoms with van der Waals surface area (Å²) in [4.78, 5) is 12.7. The number of nitrogens with zero attached hydrogens (tertiary/aromatic N) is 1. The molecule has 2 aromatic rings. The van der Waals surface area contributed by atoms with Gasteiger partial charge in [0.15, 0.2) is 11.5 Å². The van der Waals surface area contributed by atoms with Gasteiger partial charge in [-0.3, -0.25) is 9.89 Å². The number of aromatic nitrogens is 2. The fourth-order valence-electron chi connectivity index (χ4n) is 3.32. The van der Waals surface area contributed by atoms with E-state index in [2.05, 4.69) is 15.5 Å². The highest BCUT2D eigenvalue weighted by Crippen LogP contribution is 2.42. The molecular weight excluding hydrogens is 334 g/mol. The number of benzene rings is 1. The molecule has 7 heteroatoms. The van der Waals surface area contributed by atoms with Gasteiger partial charge in [-0.05, 0) is 23.6 Å². The average molecular weight is 359 g/mol. The molecule has 3 rings (SSSR count). The van der Waals surface area contributed by atoms with Gasteiger partial charge in [-0.2, -0.15) is 5.10 Å². The van der Waals surface area contributed by atoms with Crippen LogP contribution in [0.2, 0.25) is 0 Å². The standard InChI is InChI=1S/C19H25N3O4/c1-5-10(2)14(9-23)20-19(24)18-13-6-11-7-15(25-3)16(26-4)8-12(11)17(13)21-22-18/h7-8,10,14,23H,5-6,9H2,1-4H3,(H,20,24)(H,21,22)/t10-,14+/m1/s1. The van der Waals surface area contributed by atoms with E-state index in [4.69, 9.17) is 9.47 Å². The molecule has 7 nitrogen and oxygen atoms in total. The van der Waals surface area contributed by atoms with Gasteiger partial charge >= 0.3 is 0 Å². The maximum atomic E-state index is 12.7. The van der Waals surface area contributed by atoms with Crippen molar-refractivity contribution in [1.29, 1.82) is 0 Å². The summed E-state index contributed by atoms with van der Waals surface area (Å²) in [5, 5.41) is 19.7. The number of fused-ring (bicyclic) bond motifs is 3. The van der Waals surface area contributed by atoms with Crippen molar-refractivity contribution in [3.63, 3.8) is 0 Å². The van der Waals surface area contributed by atoms with Crippen LogP contribution in [-0.2, 0) is 6.42 Å². The van der Waals surface area contributed by atoms with Crippen LogP contribution in [0.4, 0.5) is 0 Å². The van der Waals surface area contributed by atoms with E-state index in [1.54, 1.807) is 14.2 Å². The number of nitrogens with one attached hydrogen (secondary N) is 2. The second-order valence-corrected chi connectivity index (χ2v) is 6.61. The van der Waals surface area contributed by atoms with Crippen molar-refractivity contribution >= 4 is 5.91 Å². The van der Waals surface area contributed by atoms with Crippen LogP contribution in [0.25, 0.3) is 11.3 Å². The number of hydrogen-bond acceptors (Lipinski definition) is 5. The minimum absolute atomic E-state index is 0.0916. The molecule has 1 aliphatic rings. The highest BCUT2D eigenvalue weighted by molar-refractivity contribution is 5.97. The van der Waals surface area contributed by atoms with Gasteiger partial charge in [-0.25, -0.2) is 0 Å². The summed E-state index contributed by atoms with van der Waals surface area (Å²) in [5.74, 6) is 1.23. The first-order valence-electron chi connectivity index (χ1n) is 8.78. The Balaban J connectivity index is 1.89. The number of rotatable bonds is 7. The molecular formula is C19H25N3O4. The largest absolute Gasteiger partial charge is 0.493 e. The number of aliphatic hydroxyl groups excluding tert-OH is 1. The average Bonchev–Trinajstić information content (AvgIpc) is 3.22. The van der Waals surface area contributed by atoms with Crippen molar-refractivity contribution in [1.82, 2.24) is 15.5 Å². The van der Waals surface area contributed by atoms with E-state index < -0.39 is 0 Å². The lowest BCUT2D eigenvalue weighted by Gasteiger charge is -2.21. The molecule has 26 heavy (non-hydrogen) atoms. The van der Waals surface area contributed by atoms with E-state index in [0.717, 1.165) is 28.8 Å². The summed E-state index contributed by atoms with van der Waals surface area (Å²) in [6, 6.07) is 3.53. The van der Waals surface area contributed by atoms with Crippen molar-refractivity contribution in [3.8, 4) is 22.8 Å². The van der Waals surface area contributed by atoms with Crippen LogP contribution in [0.3, 0.4) is 0 Å². The predicted octanol–water partition coefficient (Wildman–Crippen LogP) is 2.13. The molecule has 0 spiro atoms. The normalized spacial score (nSPS) is 14.3. The van der Waals surface area contributed by atoms with Gasteiger partial charge in [0, 0.05) is 17.5 Å². The predicted molar refractivity (Wildman–Crippen MR) is 97.7 cm³/mol. The van der Waals surface area contributed by atoms with Gasteiger partial charge in [0.1, 0.15) is 5.69 Å². The van der Waals surface area contributed by atoms with Crippen LogP contribution >= 0.6 is 0 Å². The fraction of sp³-hybridized carbons (Fsp3) is 0.474. The second-order valence-electron chi connectivity index (χ2n) is 6.61. The molecule has 1 aromatic heterocycles. The zero-order valence-corrected chi connectivity index (χ0v) is 15.5. The third-order valence-corrected chi connectivity index (χ3v) is 5.17. The minimum Gasteiger partial charge on any atom is -0.493 e. The zero-order chi connectivity index (χ0) is 18.8. The van der Waals surface area contributed by atoms with E-state index in [9.17, 15) is 9.90 Å². The van der Waals surface area contributed by atoms with Crippen LogP contribution in [0.1, 0.15) is 41.9 Å². The smallest absolute Gasteiger partial charge is 0.269 e. The molecule has 0 bridgehead atoms. The SMILES string of the molecule is CC[C@@H](C)[C@H](CO)NC(=O)c1[nH]nc2c1Cc1cc(OC)c(OC)cc1-2. The topological polar surface area (TPSA) is 96.5 Å². The van der Waals surface area contributed by atoms with Crippen LogP contribution in [0, 0.1) is 5.92 Å². The molecule has 1 heterocycles. The van der Waals surface area contributed by atoms with Gasteiger partial charge in [-0.1, -0.05) is 20.3 Å². The number of H-pyrrole nitrogens is 1. The third kappa shape index (κ3) is 3.03. The summed E-state index contributed by atoms with van der Waals surface area (Å²) in [5.41, 5.74) is 4.04. The van der Waals surface area contributed by atoms with E-state index in [0.29, 0.717) is 23.6 Å². The molecule has 0 fully saturated rings. The number of carbonyl (C=O) groups is 1. The van der Waals surface area contributed by atoms with Crippen LogP contribution < -0.4 is 14.8 Å². The first-order chi connectivity index (χ1) is 12.5. The fourth-order valence-corrected chi connectivity index (χ4v) is 3.32. The highest BCUT2D eigenvalue weighted by atomic mass is 16.5. The van der Waals surface area contributed by atoms with Crippen molar-refractivity contribution in [2.75, 3.05) is 20.8 Å². The minimum atomic E-state index is -0.282. The summed E-state index contributed by atoms with van der Waals surface area (Å²) in [7, 11) is 3.19. The molecule has 2 atom stereocenters. The van der Waals surface area contributed by atoms with Crippen LogP contribution in [-0.4, -0.2) is 48.1 Å². The van der Waals surface area contributed by atoms with Gasteiger partial charge in [-0.15, -0.1) is 0 Å². The maximum Gasteiger partial charge on any atom is 0.269 e. The molecule has 0 unspecified atom stereocenters. The molecule has 1 amide bonds. The quantitative estimate of drug-likeness (QED) is 0.600. The van der Waals surface area contributed by atoms with Gasteiger partial charge in [0.25, 0.3) is 5.91 Å². The van der Waals surface area contributed by atoms with E-state index in [1.807, 2.05) is 26.0 Å². The molecule has 0 radical (unpaired) electrons. The lowest BCUT2D eigenvalue weighted by Crippen LogP contribution is -2.42. The van der Waals surface area contributed by atoms with Crippen molar-refractivity contribution < 1.29 is 19.4 Å². The van der Waals surface area contributed by atoms with Gasteiger partial charge in [0.05, 0.1) is 32.6 Å². The lowest BCUT2D eigenvalue weighted by molar-refractivity contribution is 0.0885. The molecule has 3 N–H and O–H groups in total. The summed E-state index contributed by atoms with van der Waals surface area (Å²) in [6.07, 6.45) is 1.47. The van der Waals surface area contributed by atoms with Gasteiger partial charge in [0.2, 0.25) is 0 Å². The number of methoxy groups -OCH3 is 2. The Hall–Kier alpha value is -2.54. The number of ether oxygens (including phenoxy) is 2. The monoisotopic (exact) mass is 359 g/mol. The molecule has 1 aliphatic carbocycles. The van der Waals surface area contributed by atoms with Gasteiger partial charge < -0.3 is 19.9 Å². The molecule has 0 saturated carbocycles. The highest BCUT2D eigenvalue weighted by Gasteiger charge is 2.30. The Kier molecular flexibility index (Phi) is 5.18. The van der Waals surface area contributed by atoms with E-state index in [1.165, 1.54) is 0 Å². The molecule has 0 aliphatic heterocycles. The number of aromatic amines is 1. The second kappa shape index (κ2) is 7.37. The summed E-state index contributed by atoms with van der Waals surface area (Å²) in [6.45, 7) is 3.95. The Bertz CT molecular complexity index is 815.